The van der Waals surface area contributed by atoms with Crippen molar-refractivity contribution in [2.24, 2.45) is 12.8 Å². The first-order valence-electron chi connectivity index (χ1n) is 12.2. The van der Waals surface area contributed by atoms with Gasteiger partial charge in [-0.2, -0.15) is 5.10 Å². The number of primary amides is 1. The smallest absolute Gasteiger partial charge is 0.255 e. The number of amides is 3. The van der Waals surface area contributed by atoms with Gasteiger partial charge < -0.3 is 21.7 Å². The van der Waals surface area contributed by atoms with Gasteiger partial charge in [0.2, 0.25) is 0 Å². The van der Waals surface area contributed by atoms with Gasteiger partial charge in [0.1, 0.15) is 11.6 Å². The van der Waals surface area contributed by atoms with Crippen molar-refractivity contribution in [3.05, 3.63) is 89.6 Å². The van der Waals surface area contributed by atoms with Crippen molar-refractivity contribution >= 4 is 23.5 Å². The molecule has 4 aromatic rings. The molecule has 3 amide bonds. The SMILES string of the molecule is Cn1cc(-c2cnc(N)c(C(=O)N[C@@H]3CCN(C(=O)c4ccc(-c5ccc(C(N)=O)c(F)c5)cc4)C3)c2)cn1. The predicted octanol–water partition coefficient (Wildman–Crippen LogP) is 2.61. The average Bonchev–Trinajstić information content (AvgIpc) is 3.57. The van der Waals surface area contributed by atoms with Crippen LogP contribution < -0.4 is 16.8 Å². The zero-order valence-electron chi connectivity index (χ0n) is 21.1. The number of rotatable bonds is 6. The van der Waals surface area contributed by atoms with Crippen LogP contribution in [0.2, 0.25) is 0 Å². The third-order valence-corrected chi connectivity index (χ3v) is 6.71. The minimum absolute atomic E-state index is 0.121. The molecule has 0 radical (unpaired) electrons. The molecule has 1 aliphatic rings. The summed E-state index contributed by atoms with van der Waals surface area (Å²) in [6.07, 6.45) is 5.69. The fourth-order valence-corrected chi connectivity index (χ4v) is 4.59. The molecule has 198 valence electrons. The van der Waals surface area contributed by atoms with Gasteiger partial charge in [-0.1, -0.05) is 18.2 Å². The number of aryl methyl sites for hydroxylation is 1. The summed E-state index contributed by atoms with van der Waals surface area (Å²) in [5.41, 5.74) is 14.5. The summed E-state index contributed by atoms with van der Waals surface area (Å²) < 4.78 is 15.8. The second-order valence-corrected chi connectivity index (χ2v) is 9.41. The van der Waals surface area contributed by atoms with E-state index < -0.39 is 11.7 Å². The summed E-state index contributed by atoms with van der Waals surface area (Å²) in [5, 5.41) is 7.11. The Kier molecular flexibility index (Phi) is 6.80. The lowest BCUT2D eigenvalue weighted by molar-refractivity contribution is 0.0783. The molecule has 1 saturated heterocycles. The maximum absolute atomic E-state index is 14.1. The molecule has 0 spiro atoms. The summed E-state index contributed by atoms with van der Waals surface area (Å²) >= 11 is 0. The Labute approximate surface area is 223 Å². The van der Waals surface area contributed by atoms with E-state index in [1.807, 2.05) is 6.20 Å². The van der Waals surface area contributed by atoms with Crippen LogP contribution >= 0.6 is 0 Å². The number of carbonyl (C=O) groups excluding carboxylic acids is 3. The number of benzene rings is 2. The maximum Gasteiger partial charge on any atom is 0.255 e. The van der Waals surface area contributed by atoms with Crippen LogP contribution in [0.25, 0.3) is 22.3 Å². The molecular weight excluding hydrogens is 501 g/mol. The molecule has 5 rings (SSSR count). The van der Waals surface area contributed by atoms with Gasteiger partial charge >= 0.3 is 0 Å². The van der Waals surface area contributed by atoms with Gasteiger partial charge in [-0.05, 0) is 47.9 Å². The number of hydrogen-bond acceptors (Lipinski definition) is 6. The Morgan fingerprint density at radius 1 is 0.974 bits per heavy atom. The second-order valence-electron chi connectivity index (χ2n) is 9.41. The first-order valence-corrected chi connectivity index (χ1v) is 12.2. The molecule has 0 unspecified atom stereocenters. The third-order valence-electron chi connectivity index (χ3n) is 6.71. The molecule has 1 aliphatic heterocycles. The highest BCUT2D eigenvalue weighted by Crippen LogP contribution is 2.24. The van der Waals surface area contributed by atoms with E-state index in [2.05, 4.69) is 15.4 Å². The number of pyridine rings is 1. The zero-order chi connectivity index (χ0) is 27.7. The highest BCUT2D eigenvalue weighted by Gasteiger charge is 2.29. The van der Waals surface area contributed by atoms with E-state index in [0.717, 1.165) is 11.1 Å². The van der Waals surface area contributed by atoms with Crippen molar-refractivity contribution in [2.75, 3.05) is 18.8 Å². The molecule has 2 aromatic heterocycles. The quantitative estimate of drug-likeness (QED) is 0.351. The standard InChI is InChI=1S/C28H26FN7O3/c1-35-14-20(13-33-35)19-10-23(25(30)32-12-19)27(38)34-21-8-9-36(15-21)28(39)17-4-2-16(3-5-17)18-6-7-22(26(31)37)24(29)11-18/h2-7,10-14,21H,8-9,15H2,1H3,(H2,30,32)(H2,31,37)(H,34,38)/t21-/m1/s1. The number of nitrogens with two attached hydrogens (primary N) is 2. The van der Waals surface area contributed by atoms with E-state index in [-0.39, 0.29) is 34.8 Å². The monoisotopic (exact) mass is 527 g/mol. The number of nitrogens with one attached hydrogen (secondary N) is 1. The molecule has 11 heteroatoms. The number of halogens is 1. The highest BCUT2D eigenvalue weighted by molar-refractivity contribution is 6.00. The summed E-state index contributed by atoms with van der Waals surface area (Å²) in [6.45, 7) is 0.830. The Bertz CT molecular complexity index is 1580. The first kappa shape index (κ1) is 25.6. The molecule has 0 aliphatic carbocycles. The van der Waals surface area contributed by atoms with Gasteiger partial charge in [0.25, 0.3) is 17.7 Å². The van der Waals surface area contributed by atoms with Crippen molar-refractivity contribution in [2.45, 2.75) is 12.5 Å². The van der Waals surface area contributed by atoms with Gasteiger partial charge in [0.15, 0.2) is 0 Å². The van der Waals surface area contributed by atoms with Gasteiger partial charge in [-0.25, -0.2) is 9.37 Å². The summed E-state index contributed by atoms with van der Waals surface area (Å²) in [5.74, 6) is -1.95. The highest BCUT2D eigenvalue weighted by atomic mass is 19.1. The number of nitrogens with zero attached hydrogens (tertiary/aromatic N) is 4. The van der Waals surface area contributed by atoms with Crippen molar-refractivity contribution in [1.82, 2.24) is 25.0 Å². The molecule has 10 nitrogen and oxygen atoms in total. The molecule has 1 atom stereocenters. The van der Waals surface area contributed by atoms with Gasteiger partial charge in [0.05, 0.1) is 17.3 Å². The van der Waals surface area contributed by atoms with Crippen molar-refractivity contribution in [3.8, 4) is 22.3 Å². The average molecular weight is 528 g/mol. The van der Waals surface area contributed by atoms with Crippen LogP contribution in [0.15, 0.2) is 67.1 Å². The molecule has 1 fully saturated rings. The van der Waals surface area contributed by atoms with Crippen LogP contribution in [0.5, 0.6) is 0 Å². The number of hydrogen-bond donors (Lipinski definition) is 3. The van der Waals surface area contributed by atoms with Crippen molar-refractivity contribution in [1.29, 1.82) is 0 Å². The topological polar surface area (TPSA) is 149 Å². The third kappa shape index (κ3) is 5.33. The molecule has 39 heavy (non-hydrogen) atoms. The van der Waals surface area contributed by atoms with Crippen molar-refractivity contribution < 1.29 is 18.8 Å². The lowest BCUT2D eigenvalue weighted by Crippen LogP contribution is -2.38. The Morgan fingerprint density at radius 2 is 1.72 bits per heavy atom. The van der Waals surface area contributed by atoms with Crippen LogP contribution in [-0.4, -0.2) is 56.5 Å². The molecule has 0 saturated carbocycles. The van der Waals surface area contributed by atoms with Gasteiger partial charge in [0, 0.05) is 55.3 Å². The molecular formula is C28H26FN7O3. The largest absolute Gasteiger partial charge is 0.383 e. The number of anilines is 1. The fraction of sp³-hybridized carbons (Fsp3) is 0.179. The van der Waals surface area contributed by atoms with E-state index in [1.54, 1.807) is 65.4 Å². The number of likely N-dealkylation sites (tertiary alicyclic amines) is 1. The zero-order valence-corrected chi connectivity index (χ0v) is 21.1. The fourth-order valence-electron chi connectivity index (χ4n) is 4.59. The maximum atomic E-state index is 14.1. The number of carbonyl (C=O) groups is 3. The minimum Gasteiger partial charge on any atom is -0.383 e. The van der Waals surface area contributed by atoms with E-state index in [0.29, 0.717) is 36.2 Å². The van der Waals surface area contributed by atoms with Crippen LogP contribution in [0, 0.1) is 5.82 Å². The molecule has 5 N–H and O–H groups in total. The van der Waals surface area contributed by atoms with E-state index in [1.165, 1.54) is 12.1 Å². The van der Waals surface area contributed by atoms with Crippen LogP contribution in [0.1, 0.15) is 37.5 Å². The molecule has 2 aromatic carbocycles. The molecule has 0 bridgehead atoms. The van der Waals surface area contributed by atoms with Gasteiger partial charge in [-0.15, -0.1) is 0 Å². The summed E-state index contributed by atoms with van der Waals surface area (Å²) in [4.78, 5) is 43.2. The molecule has 3 heterocycles. The first-order chi connectivity index (χ1) is 18.7. The lowest BCUT2D eigenvalue weighted by atomic mass is 10.0. The lowest BCUT2D eigenvalue weighted by Gasteiger charge is -2.18. The normalized spacial score (nSPS) is 14.8. The second kappa shape index (κ2) is 10.4. The number of aromatic nitrogens is 3. The van der Waals surface area contributed by atoms with Crippen molar-refractivity contribution in [3.63, 3.8) is 0 Å². The minimum atomic E-state index is -0.835. The number of nitrogen functional groups attached to an aromatic ring is 1. The van der Waals surface area contributed by atoms with E-state index in [4.69, 9.17) is 11.5 Å². The van der Waals surface area contributed by atoms with Crippen LogP contribution in [-0.2, 0) is 7.05 Å². The van der Waals surface area contributed by atoms with Gasteiger partial charge in [-0.3, -0.25) is 19.1 Å². The Balaban J connectivity index is 1.22. The summed E-state index contributed by atoms with van der Waals surface area (Å²) in [6, 6.07) is 12.4. The van der Waals surface area contributed by atoms with E-state index in [9.17, 15) is 18.8 Å². The van der Waals surface area contributed by atoms with E-state index >= 15 is 0 Å². The predicted molar refractivity (Wildman–Crippen MR) is 143 cm³/mol. The van der Waals surface area contributed by atoms with Crippen LogP contribution in [0.4, 0.5) is 10.2 Å². The summed E-state index contributed by atoms with van der Waals surface area (Å²) in [7, 11) is 1.80. The Hall–Kier alpha value is -5.06. The van der Waals surface area contributed by atoms with Crippen LogP contribution in [0.3, 0.4) is 0 Å². The Morgan fingerprint density at radius 3 is 2.38 bits per heavy atom.